The Hall–Kier alpha value is -2.99. The summed E-state index contributed by atoms with van der Waals surface area (Å²) >= 11 is 3.48. The first kappa shape index (κ1) is 19.3. The van der Waals surface area contributed by atoms with Crippen LogP contribution in [-0.2, 0) is 5.41 Å². The van der Waals surface area contributed by atoms with Gasteiger partial charge in [0.15, 0.2) is 5.82 Å². The molecule has 0 bridgehead atoms. The van der Waals surface area contributed by atoms with Gasteiger partial charge in [-0.05, 0) is 35.2 Å². The molecule has 4 aromatic rings. The number of halogens is 1. The highest BCUT2D eigenvalue weighted by Crippen LogP contribution is 2.29. The highest BCUT2D eigenvalue weighted by molar-refractivity contribution is 9.10. The molecule has 0 spiro atoms. The van der Waals surface area contributed by atoms with E-state index in [1.165, 1.54) is 11.8 Å². The molecule has 0 aliphatic carbocycles. The molecule has 0 unspecified atom stereocenters. The van der Waals surface area contributed by atoms with Crippen molar-refractivity contribution in [2.45, 2.75) is 26.2 Å². The Kier molecular flexibility index (Phi) is 4.96. The van der Waals surface area contributed by atoms with Gasteiger partial charge < -0.3 is 9.84 Å². The van der Waals surface area contributed by atoms with E-state index in [4.69, 9.17) is 9.51 Å². The molecule has 0 saturated carbocycles. The first-order chi connectivity index (χ1) is 13.8. The van der Waals surface area contributed by atoms with Gasteiger partial charge in [-0.2, -0.15) is 0 Å². The van der Waals surface area contributed by atoms with Gasteiger partial charge in [-0.3, -0.25) is 4.79 Å². The predicted molar refractivity (Wildman–Crippen MR) is 118 cm³/mol. The predicted octanol–water partition coefficient (Wildman–Crippen LogP) is 6.20. The maximum atomic E-state index is 13.0. The third kappa shape index (κ3) is 4.07. The van der Waals surface area contributed by atoms with Gasteiger partial charge in [0.2, 0.25) is 0 Å². The Morgan fingerprint density at radius 2 is 1.79 bits per heavy atom. The van der Waals surface area contributed by atoms with Gasteiger partial charge in [-0.15, -0.1) is 0 Å². The summed E-state index contributed by atoms with van der Waals surface area (Å²) in [6, 6.07) is 17.4. The van der Waals surface area contributed by atoms with Crippen LogP contribution in [0, 0.1) is 0 Å². The van der Waals surface area contributed by atoms with Crippen LogP contribution in [-0.4, -0.2) is 16.0 Å². The Morgan fingerprint density at radius 1 is 1.03 bits per heavy atom. The molecule has 2 heterocycles. The molecule has 1 N–H and O–H groups in total. The van der Waals surface area contributed by atoms with Crippen molar-refractivity contribution in [2.24, 2.45) is 0 Å². The van der Waals surface area contributed by atoms with E-state index in [1.54, 1.807) is 6.07 Å². The lowest BCUT2D eigenvalue weighted by atomic mass is 9.86. The summed E-state index contributed by atoms with van der Waals surface area (Å²) in [7, 11) is 0. The normalized spacial score (nSPS) is 11.6. The molecule has 0 saturated heterocycles. The molecule has 0 aliphatic rings. The monoisotopic (exact) mass is 449 g/mol. The molecule has 4 rings (SSSR count). The van der Waals surface area contributed by atoms with Crippen LogP contribution in [0.2, 0.25) is 0 Å². The van der Waals surface area contributed by atoms with Crippen LogP contribution in [0.4, 0.5) is 5.82 Å². The van der Waals surface area contributed by atoms with Crippen molar-refractivity contribution in [1.29, 1.82) is 0 Å². The molecule has 2 aromatic heterocycles. The zero-order chi connectivity index (χ0) is 20.6. The number of benzene rings is 2. The van der Waals surface area contributed by atoms with E-state index in [0.717, 1.165) is 26.6 Å². The van der Waals surface area contributed by atoms with E-state index in [2.05, 4.69) is 59.3 Å². The molecule has 6 heteroatoms. The highest BCUT2D eigenvalue weighted by atomic mass is 79.9. The number of fused-ring (bicyclic) bond motifs is 1. The SMILES string of the molecule is CC(C)(C)c1ccc(-c2cc(C(=O)Nc3ccon3)c3cc(Br)ccc3n2)cc1. The van der Waals surface area contributed by atoms with Crippen molar-refractivity contribution in [1.82, 2.24) is 10.1 Å². The molecule has 0 radical (unpaired) electrons. The molecule has 146 valence electrons. The largest absolute Gasteiger partial charge is 0.363 e. The minimum absolute atomic E-state index is 0.0737. The minimum atomic E-state index is -0.267. The van der Waals surface area contributed by atoms with Crippen molar-refractivity contribution in [2.75, 3.05) is 5.32 Å². The van der Waals surface area contributed by atoms with E-state index in [9.17, 15) is 4.79 Å². The van der Waals surface area contributed by atoms with Crippen molar-refractivity contribution >= 4 is 38.6 Å². The summed E-state index contributed by atoms with van der Waals surface area (Å²) in [5, 5.41) is 7.29. The number of anilines is 1. The van der Waals surface area contributed by atoms with Crippen LogP contribution in [0.15, 0.2) is 69.9 Å². The second-order valence-corrected chi connectivity index (χ2v) is 8.80. The maximum absolute atomic E-state index is 13.0. The number of amides is 1. The first-order valence-corrected chi connectivity index (χ1v) is 10.0. The summed E-state index contributed by atoms with van der Waals surface area (Å²) in [6.45, 7) is 6.54. The van der Waals surface area contributed by atoms with Crippen LogP contribution >= 0.6 is 15.9 Å². The fourth-order valence-corrected chi connectivity index (χ4v) is 3.50. The molecule has 5 nitrogen and oxygen atoms in total. The Balaban J connectivity index is 1.81. The molecular formula is C23H20BrN3O2. The summed E-state index contributed by atoms with van der Waals surface area (Å²) < 4.78 is 5.68. The average molecular weight is 450 g/mol. The molecule has 0 atom stereocenters. The number of nitrogens with one attached hydrogen (secondary N) is 1. The van der Waals surface area contributed by atoms with Crippen LogP contribution in [0.3, 0.4) is 0 Å². The maximum Gasteiger partial charge on any atom is 0.257 e. The lowest BCUT2D eigenvalue weighted by Gasteiger charge is -2.19. The van der Waals surface area contributed by atoms with E-state index in [-0.39, 0.29) is 11.3 Å². The van der Waals surface area contributed by atoms with Gasteiger partial charge in [0.25, 0.3) is 5.91 Å². The Labute approximate surface area is 177 Å². The molecule has 1 amide bonds. The molecule has 0 aliphatic heterocycles. The second-order valence-electron chi connectivity index (χ2n) is 7.88. The van der Waals surface area contributed by atoms with E-state index < -0.39 is 0 Å². The van der Waals surface area contributed by atoms with Gasteiger partial charge in [-0.25, -0.2) is 4.98 Å². The summed E-state index contributed by atoms with van der Waals surface area (Å²) in [6.07, 6.45) is 1.42. The lowest BCUT2D eigenvalue weighted by molar-refractivity contribution is 0.102. The number of carbonyl (C=O) groups is 1. The summed E-state index contributed by atoms with van der Waals surface area (Å²) in [4.78, 5) is 17.8. The van der Waals surface area contributed by atoms with Gasteiger partial charge >= 0.3 is 0 Å². The molecule has 29 heavy (non-hydrogen) atoms. The summed E-state index contributed by atoms with van der Waals surface area (Å²) in [5.74, 6) is 0.100. The van der Waals surface area contributed by atoms with Crippen LogP contribution in [0.25, 0.3) is 22.2 Å². The second kappa shape index (κ2) is 7.44. The minimum Gasteiger partial charge on any atom is -0.363 e. The number of aromatic nitrogens is 2. The van der Waals surface area contributed by atoms with Gasteiger partial charge in [0, 0.05) is 21.5 Å². The third-order valence-corrected chi connectivity index (χ3v) is 5.23. The van der Waals surface area contributed by atoms with E-state index in [1.807, 2.05) is 36.4 Å². The fourth-order valence-electron chi connectivity index (χ4n) is 3.14. The highest BCUT2D eigenvalue weighted by Gasteiger charge is 2.17. The van der Waals surface area contributed by atoms with Crippen molar-refractivity contribution in [3.05, 3.63) is 76.5 Å². The Bertz CT molecular complexity index is 1180. The van der Waals surface area contributed by atoms with E-state index in [0.29, 0.717) is 11.4 Å². The van der Waals surface area contributed by atoms with E-state index >= 15 is 0 Å². The standard InChI is InChI=1S/C23H20BrN3O2/c1-23(2,3)15-6-4-14(5-7-15)20-13-18(22(28)26-21-10-11-29-27-21)17-12-16(24)8-9-19(17)25-20/h4-13H,1-3H3,(H,26,27,28). The molecular weight excluding hydrogens is 430 g/mol. The first-order valence-electron chi connectivity index (χ1n) is 9.24. The molecule has 2 aromatic carbocycles. The van der Waals surface area contributed by atoms with Gasteiger partial charge in [0.1, 0.15) is 6.26 Å². The number of pyridine rings is 1. The van der Waals surface area contributed by atoms with Crippen LogP contribution in [0.5, 0.6) is 0 Å². The number of hydrogen-bond donors (Lipinski definition) is 1. The smallest absolute Gasteiger partial charge is 0.257 e. The fraction of sp³-hybridized carbons (Fsp3) is 0.174. The lowest BCUT2D eigenvalue weighted by Crippen LogP contribution is -2.13. The van der Waals surface area contributed by atoms with Crippen molar-refractivity contribution < 1.29 is 9.32 Å². The van der Waals surface area contributed by atoms with Gasteiger partial charge in [-0.1, -0.05) is 66.1 Å². The zero-order valence-corrected chi connectivity index (χ0v) is 17.9. The zero-order valence-electron chi connectivity index (χ0n) is 16.4. The number of nitrogens with zero attached hydrogens (tertiary/aromatic N) is 2. The third-order valence-electron chi connectivity index (χ3n) is 4.74. The molecule has 0 fully saturated rings. The average Bonchev–Trinajstić information content (AvgIpc) is 3.19. The van der Waals surface area contributed by atoms with Crippen molar-refractivity contribution in [3.63, 3.8) is 0 Å². The van der Waals surface area contributed by atoms with Crippen molar-refractivity contribution in [3.8, 4) is 11.3 Å². The van der Waals surface area contributed by atoms with Crippen LogP contribution < -0.4 is 5.32 Å². The van der Waals surface area contributed by atoms with Gasteiger partial charge in [0.05, 0.1) is 16.8 Å². The quantitative estimate of drug-likeness (QED) is 0.404. The number of rotatable bonds is 3. The Morgan fingerprint density at radius 3 is 2.45 bits per heavy atom. The van der Waals surface area contributed by atoms with Crippen LogP contribution in [0.1, 0.15) is 36.7 Å². The number of carbonyl (C=O) groups excluding carboxylic acids is 1. The number of hydrogen-bond acceptors (Lipinski definition) is 4. The summed E-state index contributed by atoms with van der Waals surface area (Å²) in [5.41, 5.74) is 4.29. The topological polar surface area (TPSA) is 68.0 Å².